The molecule has 2 aliphatic rings. The molecule has 8 nitrogen and oxygen atoms in total. The van der Waals surface area contributed by atoms with Gasteiger partial charge in [-0.25, -0.2) is 4.79 Å². The topological polar surface area (TPSA) is 113 Å². The lowest BCUT2D eigenvalue weighted by atomic mass is 10.2. The van der Waals surface area contributed by atoms with Crippen LogP contribution in [0.5, 0.6) is 0 Å². The first kappa shape index (κ1) is 21.2. The van der Waals surface area contributed by atoms with Crippen LogP contribution in [0.15, 0.2) is 35.2 Å². The van der Waals surface area contributed by atoms with Crippen LogP contribution in [0.3, 0.4) is 0 Å². The van der Waals surface area contributed by atoms with Crippen molar-refractivity contribution in [1.82, 2.24) is 15.1 Å². The van der Waals surface area contributed by atoms with E-state index in [2.05, 4.69) is 5.32 Å². The molecule has 1 aromatic carbocycles. The molecule has 3 atom stereocenters. The van der Waals surface area contributed by atoms with Gasteiger partial charge in [0, 0.05) is 30.2 Å². The van der Waals surface area contributed by atoms with Crippen molar-refractivity contribution in [2.45, 2.75) is 43.2 Å². The summed E-state index contributed by atoms with van der Waals surface area (Å²) in [6.45, 7) is 2.67. The molecule has 2 heterocycles. The van der Waals surface area contributed by atoms with Crippen LogP contribution in [-0.4, -0.2) is 64.5 Å². The van der Waals surface area contributed by atoms with E-state index in [0.29, 0.717) is 32.4 Å². The maximum Gasteiger partial charge on any atom is 0.324 e. The molecule has 0 aromatic heterocycles. The van der Waals surface area contributed by atoms with E-state index in [1.165, 1.54) is 16.7 Å². The normalized spacial score (nSPS) is 22.6. The van der Waals surface area contributed by atoms with Gasteiger partial charge in [-0.1, -0.05) is 25.1 Å². The smallest absolute Gasteiger partial charge is 0.324 e. The number of imide groups is 1. The molecule has 3 rings (SSSR count). The van der Waals surface area contributed by atoms with Crippen LogP contribution >= 0.6 is 11.8 Å². The third-order valence-electron chi connectivity index (χ3n) is 5.18. The number of likely N-dealkylation sites (tertiary alicyclic amines) is 2. The van der Waals surface area contributed by atoms with Crippen LogP contribution in [0.25, 0.3) is 0 Å². The molecule has 0 spiro atoms. The van der Waals surface area contributed by atoms with E-state index in [0.717, 1.165) is 9.80 Å². The minimum absolute atomic E-state index is 0.0962. The number of nitrogens with zero attached hydrogens (tertiary/aromatic N) is 2. The molecule has 2 aliphatic heterocycles. The van der Waals surface area contributed by atoms with Crippen molar-refractivity contribution in [3.05, 3.63) is 30.3 Å². The average molecular weight is 419 g/mol. The molecular weight excluding hydrogens is 392 g/mol. The Bertz CT molecular complexity index is 788. The molecule has 2 unspecified atom stereocenters. The van der Waals surface area contributed by atoms with Crippen molar-refractivity contribution in [3.63, 3.8) is 0 Å². The van der Waals surface area contributed by atoms with Gasteiger partial charge in [-0.2, -0.15) is 0 Å². The van der Waals surface area contributed by atoms with Crippen molar-refractivity contribution < 1.29 is 19.2 Å². The van der Waals surface area contributed by atoms with Crippen LogP contribution in [0.2, 0.25) is 0 Å². The van der Waals surface area contributed by atoms with Crippen LogP contribution in [0.1, 0.15) is 26.2 Å². The quantitative estimate of drug-likeness (QED) is 0.674. The molecular formula is C20H26N4O4S. The van der Waals surface area contributed by atoms with Gasteiger partial charge in [0.1, 0.15) is 12.1 Å². The summed E-state index contributed by atoms with van der Waals surface area (Å²) >= 11 is 1.43. The number of thioether (sulfide) groups is 1. The third kappa shape index (κ3) is 5.09. The Morgan fingerprint density at radius 1 is 1.28 bits per heavy atom. The number of rotatable bonds is 6. The Labute approximate surface area is 174 Å². The zero-order valence-electron chi connectivity index (χ0n) is 16.4. The first-order valence-corrected chi connectivity index (χ1v) is 10.7. The lowest BCUT2D eigenvalue weighted by Crippen LogP contribution is -2.56. The molecule has 29 heavy (non-hydrogen) atoms. The Kier molecular flexibility index (Phi) is 6.79. The zero-order chi connectivity index (χ0) is 21.0. The largest absolute Gasteiger partial charge is 0.368 e. The minimum Gasteiger partial charge on any atom is -0.368 e. The van der Waals surface area contributed by atoms with E-state index in [1.807, 2.05) is 37.3 Å². The van der Waals surface area contributed by atoms with Gasteiger partial charge >= 0.3 is 6.03 Å². The van der Waals surface area contributed by atoms with Crippen LogP contribution < -0.4 is 11.1 Å². The highest BCUT2D eigenvalue weighted by molar-refractivity contribution is 7.99. The van der Waals surface area contributed by atoms with Crippen molar-refractivity contribution in [3.8, 4) is 0 Å². The van der Waals surface area contributed by atoms with Crippen LogP contribution in [0.4, 0.5) is 4.79 Å². The number of urea groups is 1. The highest BCUT2D eigenvalue weighted by Crippen LogP contribution is 2.23. The molecule has 9 heteroatoms. The number of primary amides is 1. The number of carbonyl (C=O) groups is 4. The monoisotopic (exact) mass is 418 g/mol. The number of hydrogen-bond donors (Lipinski definition) is 2. The van der Waals surface area contributed by atoms with Crippen molar-refractivity contribution in [1.29, 1.82) is 0 Å². The highest BCUT2D eigenvalue weighted by atomic mass is 32.2. The van der Waals surface area contributed by atoms with Gasteiger partial charge in [-0.05, 0) is 30.9 Å². The summed E-state index contributed by atoms with van der Waals surface area (Å²) in [5.74, 6) is -0.747. The summed E-state index contributed by atoms with van der Waals surface area (Å²) in [4.78, 5) is 53.2. The fourth-order valence-electron chi connectivity index (χ4n) is 3.71. The van der Waals surface area contributed by atoms with Gasteiger partial charge in [0.25, 0.3) is 0 Å². The molecule has 156 valence electrons. The summed E-state index contributed by atoms with van der Waals surface area (Å²) < 4.78 is 0. The highest BCUT2D eigenvalue weighted by Gasteiger charge is 2.38. The summed E-state index contributed by atoms with van der Waals surface area (Å²) in [6.07, 6.45) is 1.53. The Hall–Kier alpha value is -2.55. The second kappa shape index (κ2) is 9.30. The number of benzene rings is 1. The number of carbonyl (C=O) groups excluding carboxylic acids is 4. The molecule has 2 fully saturated rings. The number of nitrogens with one attached hydrogen (secondary N) is 1. The molecule has 1 aromatic rings. The zero-order valence-corrected chi connectivity index (χ0v) is 17.2. The van der Waals surface area contributed by atoms with E-state index in [9.17, 15) is 19.2 Å². The van der Waals surface area contributed by atoms with Gasteiger partial charge in [0.05, 0.1) is 0 Å². The Morgan fingerprint density at radius 3 is 2.62 bits per heavy atom. The molecule has 0 bridgehead atoms. The second-order valence-corrected chi connectivity index (χ2v) is 8.63. The van der Waals surface area contributed by atoms with E-state index in [1.54, 1.807) is 0 Å². The predicted molar refractivity (Wildman–Crippen MR) is 109 cm³/mol. The SMILES string of the molecule is CC1CC(=O)N(C(=O)NC(CSc2ccccc2)C(=O)N2CCC[C@H]2C(N)=O)C1. The third-order valence-corrected chi connectivity index (χ3v) is 6.29. The standard InChI is InChI=1S/C20H26N4O4S/c1-13-10-17(25)24(11-13)20(28)22-15(12-29-14-6-3-2-4-7-14)19(27)23-9-5-8-16(23)18(21)26/h2-4,6-7,13,15-16H,5,8-12H2,1H3,(H2,21,26)(H,22,28)/t13?,15?,16-/m0/s1. The van der Waals surface area contributed by atoms with Gasteiger partial charge in [0.15, 0.2) is 0 Å². The van der Waals surface area contributed by atoms with Gasteiger partial charge in [-0.3, -0.25) is 19.3 Å². The fraction of sp³-hybridized carbons (Fsp3) is 0.500. The summed E-state index contributed by atoms with van der Waals surface area (Å²) in [5.41, 5.74) is 5.45. The number of hydrogen-bond acceptors (Lipinski definition) is 5. The number of nitrogens with two attached hydrogens (primary N) is 1. The molecule has 0 saturated carbocycles. The summed E-state index contributed by atoms with van der Waals surface area (Å²) in [6, 6.07) is 7.44. The van der Waals surface area contributed by atoms with Crippen molar-refractivity contribution in [2.75, 3.05) is 18.8 Å². The maximum atomic E-state index is 13.2. The number of amides is 5. The van der Waals surface area contributed by atoms with Gasteiger partial charge < -0.3 is 16.0 Å². The molecule has 0 aliphatic carbocycles. The molecule has 3 N–H and O–H groups in total. The van der Waals surface area contributed by atoms with Crippen molar-refractivity contribution in [2.24, 2.45) is 11.7 Å². The van der Waals surface area contributed by atoms with E-state index < -0.39 is 24.0 Å². The van der Waals surface area contributed by atoms with E-state index in [4.69, 9.17) is 5.73 Å². The summed E-state index contributed by atoms with van der Waals surface area (Å²) in [5, 5.41) is 2.72. The lowest BCUT2D eigenvalue weighted by molar-refractivity contribution is -0.138. The molecule has 5 amide bonds. The minimum atomic E-state index is -0.864. The first-order valence-electron chi connectivity index (χ1n) is 9.75. The van der Waals surface area contributed by atoms with Gasteiger partial charge in [-0.15, -0.1) is 11.8 Å². The van der Waals surface area contributed by atoms with E-state index in [-0.39, 0.29) is 23.5 Å². The lowest BCUT2D eigenvalue weighted by Gasteiger charge is -2.28. The second-order valence-electron chi connectivity index (χ2n) is 7.53. The van der Waals surface area contributed by atoms with Crippen LogP contribution in [0, 0.1) is 5.92 Å². The fourth-order valence-corrected chi connectivity index (χ4v) is 4.64. The molecule has 2 saturated heterocycles. The Balaban J connectivity index is 1.73. The Morgan fingerprint density at radius 2 is 2.00 bits per heavy atom. The first-order chi connectivity index (χ1) is 13.9. The van der Waals surface area contributed by atoms with Crippen molar-refractivity contribution >= 4 is 35.5 Å². The predicted octanol–water partition coefficient (Wildman–Crippen LogP) is 1.20. The van der Waals surface area contributed by atoms with E-state index >= 15 is 0 Å². The van der Waals surface area contributed by atoms with Gasteiger partial charge in [0.2, 0.25) is 17.7 Å². The molecule has 0 radical (unpaired) electrons. The summed E-state index contributed by atoms with van der Waals surface area (Å²) in [7, 11) is 0. The average Bonchev–Trinajstić information content (AvgIpc) is 3.31. The van der Waals surface area contributed by atoms with Crippen LogP contribution in [-0.2, 0) is 14.4 Å². The maximum absolute atomic E-state index is 13.2.